The van der Waals surface area contributed by atoms with Gasteiger partial charge in [0.05, 0.1) is 5.54 Å². The summed E-state index contributed by atoms with van der Waals surface area (Å²) >= 11 is 0. The third-order valence-corrected chi connectivity index (χ3v) is 3.57. The van der Waals surface area contributed by atoms with Crippen LogP contribution >= 0.6 is 0 Å². The SMILES string of the molecule is CC(C)C1=CC2=CC=CCC2(C)N1C. The minimum Gasteiger partial charge on any atom is -0.368 e. The zero-order chi connectivity index (χ0) is 10.3. The summed E-state index contributed by atoms with van der Waals surface area (Å²) in [6.07, 6.45) is 10.2. The Morgan fingerprint density at radius 2 is 2.14 bits per heavy atom. The van der Waals surface area contributed by atoms with Crippen LogP contribution in [0.5, 0.6) is 0 Å². The monoisotopic (exact) mass is 189 g/mol. The fraction of sp³-hybridized carbons (Fsp3) is 0.538. The number of hydrogen-bond acceptors (Lipinski definition) is 1. The lowest BCUT2D eigenvalue weighted by atomic mass is 9.86. The van der Waals surface area contributed by atoms with Crippen LogP contribution in [-0.4, -0.2) is 17.5 Å². The van der Waals surface area contributed by atoms with Gasteiger partial charge in [0.1, 0.15) is 0 Å². The lowest BCUT2D eigenvalue weighted by Crippen LogP contribution is -2.41. The van der Waals surface area contributed by atoms with Crippen LogP contribution in [0.3, 0.4) is 0 Å². The van der Waals surface area contributed by atoms with Crippen LogP contribution in [0.15, 0.2) is 35.6 Å². The summed E-state index contributed by atoms with van der Waals surface area (Å²) in [6, 6.07) is 0. The van der Waals surface area contributed by atoms with Gasteiger partial charge in [-0.15, -0.1) is 0 Å². The fourth-order valence-electron chi connectivity index (χ4n) is 2.40. The molecule has 0 aromatic heterocycles. The number of likely N-dealkylation sites (N-methyl/N-ethyl adjacent to an activating group) is 1. The standard InChI is InChI=1S/C13H19N/c1-10(2)12-9-11-7-5-6-8-13(11,3)14(12)4/h5-7,9-10H,8H2,1-4H3. The van der Waals surface area contributed by atoms with Gasteiger partial charge < -0.3 is 4.90 Å². The van der Waals surface area contributed by atoms with Crippen LogP contribution in [0.2, 0.25) is 0 Å². The van der Waals surface area contributed by atoms with Gasteiger partial charge in [-0.05, 0) is 30.9 Å². The van der Waals surface area contributed by atoms with Gasteiger partial charge in [-0.2, -0.15) is 0 Å². The number of allylic oxidation sites excluding steroid dienone is 3. The Hall–Kier alpha value is -0.980. The predicted octanol–water partition coefficient (Wildman–Crippen LogP) is 3.12. The van der Waals surface area contributed by atoms with Crippen molar-refractivity contribution in [2.75, 3.05) is 7.05 Å². The van der Waals surface area contributed by atoms with Crippen molar-refractivity contribution in [1.82, 2.24) is 4.90 Å². The van der Waals surface area contributed by atoms with Crippen molar-refractivity contribution in [1.29, 1.82) is 0 Å². The molecule has 0 aromatic carbocycles. The smallest absolute Gasteiger partial charge is 0.0654 e. The first kappa shape index (κ1) is 9.57. The predicted molar refractivity (Wildman–Crippen MR) is 60.9 cm³/mol. The minimum atomic E-state index is 0.217. The molecule has 1 nitrogen and oxygen atoms in total. The van der Waals surface area contributed by atoms with Gasteiger partial charge in [-0.25, -0.2) is 0 Å². The summed E-state index contributed by atoms with van der Waals surface area (Å²) in [6.45, 7) is 6.85. The molecule has 0 aromatic rings. The summed E-state index contributed by atoms with van der Waals surface area (Å²) in [4.78, 5) is 2.44. The number of rotatable bonds is 1. The molecule has 0 radical (unpaired) electrons. The summed E-state index contributed by atoms with van der Waals surface area (Å²) in [7, 11) is 2.21. The highest BCUT2D eigenvalue weighted by atomic mass is 15.2. The topological polar surface area (TPSA) is 3.24 Å². The second kappa shape index (κ2) is 3.01. The molecule has 1 heteroatoms. The van der Waals surface area contributed by atoms with E-state index in [1.165, 1.54) is 11.3 Å². The molecular formula is C13H19N. The molecule has 0 spiro atoms. The van der Waals surface area contributed by atoms with E-state index in [1.807, 2.05) is 0 Å². The first-order chi connectivity index (χ1) is 6.55. The van der Waals surface area contributed by atoms with E-state index >= 15 is 0 Å². The molecule has 76 valence electrons. The van der Waals surface area contributed by atoms with E-state index in [4.69, 9.17) is 0 Å². The first-order valence-corrected chi connectivity index (χ1v) is 5.38. The van der Waals surface area contributed by atoms with E-state index in [1.54, 1.807) is 0 Å². The normalized spacial score (nSPS) is 30.5. The van der Waals surface area contributed by atoms with Gasteiger partial charge in [0.25, 0.3) is 0 Å². The molecule has 1 aliphatic carbocycles. The van der Waals surface area contributed by atoms with Crippen molar-refractivity contribution in [3.8, 4) is 0 Å². The van der Waals surface area contributed by atoms with Gasteiger partial charge in [0.2, 0.25) is 0 Å². The van der Waals surface area contributed by atoms with Gasteiger partial charge in [0.15, 0.2) is 0 Å². The van der Waals surface area contributed by atoms with Crippen molar-refractivity contribution in [2.24, 2.45) is 5.92 Å². The Labute approximate surface area is 86.8 Å². The Bertz CT molecular complexity index is 333. The summed E-state index contributed by atoms with van der Waals surface area (Å²) in [5.74, 6) is 0.614. The number of hydrogen-bond donors (Lipinski definition) is 0. The van der Waals surface area contributed by atoms with Crippen LogP contribution in [0, 0.1) is 5.92 Å². The summed E-state index contributed by atoms with van der Waals surface area (Å²) < 4.78 is 0. The molecule has 0 N–H and O–H groups in total. The third-order valence-electron chi connectivity index (χ3n) is 3.57. The molecule has 14 heavy (non-hydrogen) atoms. The van der Waals surface area contributed by atoms with E-state index in [0.717, 1.165) is 6.42 Å². The van der Waals surface area contributed by atoms with Crippen LogP contribution in [0.4, 0.5) is 0 Å². The molecule has 0 bridgehead atoms. The molecule has 2 aliphatic rings. The quantitative estimate of drug-likeness (QED) is 0.612. The number of fused-ring (bicyclic) bond motifs is 1. The Kier molecular flexibility index (Phi) is 2.06. The highest BCUT2D eigenvalue weighted by molar-refractivity contribution is 5.45. The van der Waals surface area contributed by atoms with Crippen molar-refractivity contribution < 1.29 is 0 Å². The zero-order valence-corrected chi connectivity index (χ0v) is 9.54. The number of nitrogens with zero attached hydrogens (tertiary/aromatic N) is 1. The van der Waals surface area contributed by atoms with E-state index in [2.05, 4.69) is 57.0 Å². The summed E-state index contributed by atoms with van der Waals surface area (Å²) in [5, 5.41) is 0. The molecule has 0 saturated heterocycles. The van der Waals surface area contributed by atoms with Crippen molar-refractivity contribution >= 4 is 0 Å². The molecule has 1 unspecified atom stereocenters. The third kappa shape index (κ3) is 1.15. The zero-order valence-electron chi connectivity index (χ0n) is 9.54. The van der Waals surface area contributed by atoms with Gasteiger partial charge in [0, 0.05) is 12.7 Å². The average Bonchev–Trinajstić information content (AvgIpc) is 2.40. The Morgan fingerprint density at radius 3 is 2.71 bits per heavy atom. The van der Waals surface area contributed by atoms with E-state index in [0.29, 0.717) is 5.92 Å². The van der Waals surface area contributed by atoms with Crippen molar-refractivity contribution in [3.63, 3.8) is 0 Å². The van der Waals surface area contributed by atoms with E-state index in [-0.39, 0.29) is 5.54 Å². The maximum absolute atomic E-state index is 2.44. The maximum atomic E-state index is 2.44. The van der Waals surface area contributed by atoms with Crippen LogP contribution < -0.4 is 0 Å². The Morgan fingerprint density at radius 1 is 1.43 bits per heavy atom. The largest absolute Gasteiger partial charge is 0.368 e. The lowest BCUT2D eigenvalue weighted by Gasteiger charge is -2.38. The molecule has 2 rings (SSSR count). The molecule has 0 amide bonds. The van der Waals surface area contributed by atoms with Crippen LogP contribution in [0.25, 0.3) is 0 Å². The second-order valence-corrected chi connectivity index (χ2v) is 4.81. The molecule has 0 saturated carbocycles. The van der Waals surface area contributed by atoms with Gasteiger partial charge in [-0.3, -0.25) is 0 Å². The van der Waals surface area contributed by atoms with Crippen LogP contribution in [0.1, 0.15) is 27.2 Å². The van der Waals surface area contributed by atoms with E-state index in [9.17, 15) is 0 Å². The minimum absolute atomic E-state index is 0.217. The highest BCUT2D eigenvalue weighted by Crippen LogP contribution is 2.41. The van der Waals surface area contributed by atoms with Crippen molar-refractivity contribution in [2.45, 2.75) is 32.7 Å². The summed E-state index contributed by atoms with van der Waals surface area (Å²) in [5.41, 5.74) is 3.14. The average molecular weight is 189 g/mol. The van der Waals surface area contributed by atoms with Gasteiger partial charge >= 0.3 is 0 Å². The molecular weight excluding hydrogens is 170 g/mol. The first-order valence-electron chi connectivity index (χ1n) is 5.38. The second-order valence-electron chi connectivity index (χ2n) is 4.81. The molecule has 1 aliphatic heterocycles. The van der Waals surface area contributed by atoms with E-state index < -0.39 is 0 Å². The van der Waals surface area contributed by atoms with Gasteiger partial charge in [-0.1, -0.05) is 32.1 Å². The molecule has 1 atom stereocenters. The molecule has 0 fully saturated rings. The Balaban J connectivity index is 2.41. The molecule has 1 heterocycles. The fourth-order valence-corrected chi connectivity index (χ4v) is 2.40. The highest BCUT2D eigenvalue weighted by Gasteiger charge is 2.39. The van der Waals surface area contributed by atoms with Crippen LogP contribution in [-0.2, 0) is 0 Å². The lowest BCUT2D eigenvalue weighted by molar-refractivity contribution is 0.231. The van der Waals surface area contributed by atoms with Crippen molar-refractivity contribution in [3.05, 3.63) is 35.6 Å². The maximum Gasteiger partial charge on any atom is 0.0654 e.